The molecule has 2 N–H and O–H groups in total. The molecule has 0 bridgehead atoms. The first-order valence-electron chi connectivity index (χ1n) is 5.64. The molecule has 0 radical (unpaired) electrons. The lowest BCUT2D eigenvalue weighted by Gasteiger charge is -2.11. The second-order valence-electron chi connectivity index (χ2n) is 4.15. The van der Waals surface area contributed by atoms with Crippen LogP contribution in [0.25, 0.3) is 0 Å². The van der Waals surface area contributed by atoms with E-state index >= 15 is 0 Å². The fourth-order valence-corrected chi connectivity index (χ4v) is 2.13. The fourth-order valence-electron chi connectivity index (χ4n) is 1.96. The lowest BCUT2D eigenvalue weighted by atomic mass is 10.1. The number of hydrogen-bond acceptors (Lipinski definition) is 2. The Morgan fingerprint density at radius 2 is 2.41 bits per heavy atom. The average molecular weight is 257 g/mol. The van der Waals surface area contributed by atoms with E-state index in [0.29, 0.717) is 6.42 Å². The maximum Gasteiger partial charge on any atom is 0.226 e. The number of benzene rings is 1. The highest BCUT2D eigenvalue weighted by Gasteiger charge is 2.18. The SMILES string of the molecule is O=C(CC1CCCN1)Nc1cccc(Cl)c1F. The minimum Gasteiger partial charge on any atom is -0.323 e. The zero-order chi connectivity index (χ0) is 12.3. The number of hydrogen-bond donors (Lipinski definition) is 2. The van der Waals surface area contributed by atoms with E-state index in [1.54, 1.807) is 6.07 Å². The van der Waals surface area contributed by atoms with Gasteiger partial charge in [0, 0.05) is 12.5 Å². The van der Waals surface area contributed by atoms with Gasteiger partial charge < -0.3 is 10.6 Å². The first-order valence-corrected chi connectivity index (χ1v) is 6.02. The van der Waals surface area contributed by atoms with Crippen molar-refractivity contribution in [2.24, 2.45) is 0 Å². The Hall–Kier alpha value is -1.13. The van der Waals surface area contributed by atoms with Gasteiger partial charge in [0.1, 0.15) is 0 Å². The van der Waals surface area contributed by atoms with Crippen molar-refractivity contribution >= 4 is 23.2 Å². The molecule has 1 aromatic rings. The predicted molar refractivity (Wildman–Crippen MR) is 65.7 cm³/mol. The number of halogens is 2. The van der Waals surface area contributed by atoms with Gasteiger partial charge in [-0.15, -0.1) is 0 Å². The molecule has 1 saturated heterocycles. The molecule has 0 saturated carbocycles. The molecule has 1 aromatic carbocycles. The van der Waals surface area contributed by atoms with Crippen LogP contribution in [0.5, 0.6) is 0 Å². The molecular formula is C12H14ClFN2O. The van der Waals surface area contributed by atoms with Crippen LogP contribution in [0, 0.1) is 5.82 Å². The molecule has 0 spiro atoms. The summed E-state index contributed by atoms with van der Waals surface area (Å²) in [5.74, 6) is -0.771. The minimum absolute atomic E-state index is 0.0155. The standard InChI is InChI=1S/C12H14ClFN2O/c13-9-4-1-5-10(12(9)14)16-11(17)7-8-3-2-6-15-8/h1,4-5,8,15H,2-3,6-7H2,(H,16,17). The summed E-state index contributed by atoms with van der Waals surface area (Å²) in [6, 6.07) is 4.76. The van der Waals surface area contributed by atoms with Crippen LogP contribution >= 0.6 is 11.6 Å². The summed E-state index contributed by atoms with van der Waals surface area (Å²) >= 11 is 5.63. The van der Waals surface area contributed by atoms with Gasteiger partial charge >= 0.3 is 0 Å². The number of carbonyl (C=O) groups excluding carboxylic acids is 1. The summed E-state index contributed by atoms with van der Waals surface area (Å²) in [5, 5.41) is 5.77. The van der Waals surface area contributed by atoms with Crippen molar-refractivity contribution < 1.29 is 9.18 Å². The van der Waals surface area contributed by atoms with Crippen molar-refractivity contribution in [3.05, 3.63) is 29.0 Å². The molecular weight excluding hydrogens is 243 g/mol. The van der Waals surface area contributed by atoms with Crippen LogP contribution in [-0.2, 0) is 4.79 Å². The molecule has 0 aromatic heterocycles. The maximum absolute atomic E-state index is 13.5. The molecule has 0 aliphatic carbocycles. The zero-order valence-corrected chi connectivity index (χ0v) is 10.1. The van der Waals surface area contributed by atoms with Crippen molar-refractivity contribution in [3.8, 4) is 0 Å². The van der Waals surface area contributed by atoms with Gasteiger partial charge in [0.2, 0.25) is 5.91 Å². The van der Waals surface area contributed by atoms with Crippen molar-refractivity contribution in [1.82, 2.24) is 5.32 Å². The number of anilines is 1. The van der Waals surface area contributed by atoms with Crippen molar-refractivity contribution in [2.45, 2.75) is 25.3 Å². The van der Waals surface area contributed by atoms with Gasteiger partial charge in [-0.05, 0) is 31.5 Å². The third-order valence-corrected chi connectivity index (χ3v) is 3.11. The van der Waals surface area contributed by atoms with Gasteiger partial charge in [0.15, 0.2) is 5.82 Å². The number of rotatable bonds is 3. The van der Waals surface area contributed by atoms with E-state index in [9.17, 15) is 9.18 Å². The van der Waals surface area contributed by atoms with E-state index in [2.05, 4.69) is 10.6 Å². The summed E-state index contributed by atoms with van der Waals surface area (Å²) in [7, 11) is 0. The van der Waals surface area contributed by atoms with Crippen molar-refractivity contribution in [1.29, 1.82) is 0 Å². The lowest BCUT2D eigenvalue weighted by Crippen LogP contribution is -2.27. The first kappa shape index (κ1) is 12.3. The van der Waals surface area contributed by atoms with Crippen molar-refractivity contribution in [2.75, 3.05) is 11.9 Å². The molecule has 3 nitrogen and oxygen atoms in total. The zero-order valence-electron chi connectivity index (χ0n) is 9.30. The Morgan fingerprint density at radius 3 is 3.12 bits per heavy atom. The highest BCUT2D eigenvalue weighted by Crippen LogP contribution is 2.22. The Balaban J connectivity index is 1.95. The average Bonchev–Trinajstić information content (AvgIpc) is 2.77. The normalized spacial score (nSPS) is 19.3. The Labute approximate surface area is 104 Å². The van der Waals surface area contributed by atoms with Crippen LogP contribution < -0.4 is 10.6 Å². The highest BCUT2D eigenvalue weighted by atomic mass is 35.5. The Bertz CT molecular complexity index is 419. The molecule has 1 heterocycles. The molecule has 17 heavy (non-hydrogen) atoms. The van der Waals surface area contributed by atoms with Crippen LogP contribution in [0.4, 0.5) is 10.1 Å². The number of carbonyl (C=O) groups is 1. The van der Waals surface area contributed by atoms with Crippen LogP contribution in [-0.4, -0.2) is 18.5 Å². The van der Waals surface area contributed by atoms with Gasteiger partial charge in [-0.3, -0.25) is 4.79 Å². The van der Waals surface area contributed by atoms with Gasteiger partial charge in [-0.1, -0.05) is 17.7 Å². The highest BCUT2D eigenvalue weighted by molar-refractivity contribution is 6.31. The quantitative estimate of drug-likeness (QED) is 0.873. The van der Waals surface area contributed by atoms with Crippen LogP contribution in [0.15, 0.2) is 18.2 Å². The van der Waals surface area contributed by atoms with E-state index in [0.717, 1.165) is 19.4 Å². The van der Waals surface area contributed by atoms with E-state index in [4.69, 9.17) is 11.6 Å². The largest absolute Gasteiger partial charge is 0.323 e. The van der Waals surface area contributed by atoms with Gasteiger partial charge in [-0.25, -0.2) is 4.39 Å². The summed E-state index contributed by atoms with van der Waals surface area (Å²) in [6.07, 6.45) is 2.45. The topological polar surface area (TPSA) is 41.1 Å². The van der Waals surface area contributed by atoms with Crippen LogP contribution in [0.2, 0.25) is 5.02 Å². The molecule has 1 unspecified atom stereocenters. The van der Waals surface area contributed by atoms with E-state index in [-0.39, 0.29) is 22.7 Å². The third kappa shape index (κ3) is 3.17. The van der Waals surface area contributed by atoms with Gasteiger partial charge in [0.05, 0.1) is 10.7 Å². The van der Waals surface area contributed by atoms with Gasteiger partial charge in [0.25, 0.3) is 0 Å². The summed E-state index contributed by atoms with van der Waals surface area (Å²) in [4.78, 5) is 11.7. The van der Waals surface area contributed by atoms with Crippen LogP contribution in [0.1, 0.15) is 19.3 Å². The summed E-state index contributed by atoms with van der Waals surface area (Å²) in [6.45, 7) is 0.948. The van der Waals surface area contributed by atoms with E-state index < -0.39 is 5.82 Å². The monoisotopic (exact) mass is 256 g/mol. The maximum atomic E-state index is 13.5. The Morgan fingerprint density at radius 1 is 1.59 bits per heavy atom. The van der Waals surface area contributed by atoms with Gasteiger partial charge in [-0.2, -0.15) is 0 Å². The molecule has 1 atom stereocenters. The van der Waals surface area contributed by atoms with Crippen LogP contribution in [0.3, 0.4) is 0 Å². The summed E-state index contributed by atoms with van der Waals surface area (Å²) in [5.41, 5.74) is 0.139. The van der Waals surface area contributed by atoms with E-state index in [1.165, 1.54) is 12.1 Å². The molecule has 1 fully saturated rings. The predicted octanol–water partition coefficient (Wildman–Crippen LogP) is 2.56. The first-order chi connectivity index (χ1) is 8.16. The molecule has 1 amide bonds. The summed E-state index contributed by atoms with van der Waals surface area (Å²) < 4.78 is 13.5. The molecule has 2 rings (SSSR count). The fraction of sp³-hybridized carbons (Fsp3) is 0.417. The second kappa shape index (κ2) is 5.47. The molecule has 1 aliphatic rings. The smallest absolute Gasteiger partial charge is 0.226 e. The Kier molecular flexibility index (Phi) is 3.97. The second-order valence-corrected chi connectivity index (χ2v) is 4.55. The molecule has 5 heteroatoms. The third-order valence-electron chi connectivity index (χ3n) is 2.82. The van der Waals surface area contributed by atoms with Crippen molar-refractivity contribution in [3.63, 3.8) is 0 Å². The molecule has 1 aliphatic heterocycles. The number of amides is 1. The van der Waals surface area contributed by atoms with E-state index in [1.807, 2.05) is 0 Å². The minimum atomic E-state index is -0.582. The molecule has 92 valence electrons. The number of nitrogens with one attached hydrogen (secondary N) is 2. The lowest BCUT2D eigenvalue weighted by molar-refractivity contribution is -0.116.